The third kappa shape index (κ3) is 3.44. The lowest BCUT2D eigenvalue weighted by molar-refractivity contribution is 0.0945. The maximum Gasteiger partial charge on any atom is 0.282 e. The number of hydrogen-bond acceptors (Lipinski definition) is 5. The fourth-order valence-electron chi connectivity index (χ4n) is 1.31. The van der Waals surface area contributed by atoms with Crippen LogP contribution >= 0.6 is 11.3 Å². The van der Waals surface area contributed by atoms with Crippen LogP contribution in [0.3, 0.4) is 0 Å². The summed E-state index contributed by atoms with van der Waals surface area (Å²) in [6.07, 6.45) is 2.16. The maximum absolute atomic E-state index is 11.7. The maximum atomic E-state index is 11.7. The predicted molar refractivity (Wildman–Crippen MR) is 65.9 cm³/mol. The van der Waals surface area contributed by atoms with E-state index < -0.39 is 0 Å². The van der Waals surface area contributed by atoms with Gasteiger partial charge in [-0.15, -0.1) is 10.2 Å². The summed E-state index contributed by atoms with van der Waals surface area (Å²) in [7, 11) is 1.76. The van der Waals surface area contributed by atoms with Crippen LogP contribution in [0.1, 0.15) is 36.5 Å². The first-order chi connectivity index (χ1) is 7.71. The van der Waals surface area contributed by atoms with Gasteiger partial charge in [0.1, 0.15) is 0 Å². The molecule has 0 spiro atoms. The third-order valence-electron chi connectivity index (χ3n) is 2.54. The minimum Gasteiger partial charge on any atom is -0.363 e. The van der Waals surface area contributed by atoms with Crippen LogP contribution < -0.4 is 10.6 Å². The molecule has 0 bridgehead atoms. The predicted octanol–water partition coefficient (Wildman–Crippen LogP) is 1.75. The van der Waals surface area contributed by atoms with Crippen molar-refractivity contribution >= 4 is 22.4 Å². The summed E-state index contributed by atoms with van der Waals surface area (Å²) in [6, 6.07) is 0. The molecule has 0 aliphatic carbocycles. The van der Waals surface area contributed by atoms with E-state index in [9.17, 15) is 4.79 Å². The highest BCUT2D eigenvalue weighted by Crippen LogP contribution is 2.14. The first-order valence-corrected chi connectivity index (χ1v) is 6.32. The second-order valence-corrected chi connectivity index (χ2v) is 4.53. The van der Waals surface area contributed by atoms with E-state index in [2.05, 4.69) is 34.7 Å². The Bertz CT molecular complexity index is 335. The van der Waals surface area contributed by atoms with Crippen molar-refractivity contribution in [1.29, 1.82) is 0 Å². The summed E-state index contributed by atoms with van der Waals surface area (Å²) >= 11 is 1.26. The molecular formula is C10H18N4OS. The van der Waals surface area contributed by atoms with Crippen LogP contribution in [0.25, 0.3) is 0 Å². The van der Waals surface area contributed by atoms with Gasteiger partial charge in [-0.25, -0.2) is 0 Å². The van der Waals surface area contributed by atoms with Crippen molar-refractivity contribution < 1.29 is 4.79 Å². The molecule has 0 saturated carbocycles. The zero-order valence-corrected chi connectivity index (χ0v) is 10.7. The van der Waals surface area contributed by atoms with E-state index in [4.69, 9.17) is 0 Å². The molecule has 0 atom stereocenters. The van der Waals surface area contributed by atoms with Crippen LogP contribution in [0, 0.1) is 5.92 Å². The van der Waals surface area contributed by atoms with E-state index in [1.54, 1.807) is 7.05 Å². The van der Waals surface area contributed by atoms with Gasteiger partial charge in [0.2, 0.25) is 10.1 Å². The Morgan fingerprint density at radius 2 is 2.06 bits per heavy atom. The van der Waals surface area contributed by atoms with Crippen molar-refractivity contribution in [3.63, 3.8) is 0 Å². The second-order valence-electron chi connectivity index (χ2n) is 3.55. The minimum atomic E-state index is -0.133. The van der Waals surface area contributed by atoms with E-state index >= 15 is 0 Å². The van der Waals surface area contributed by atoms with Crippen LogP contribution in [0.5, 0.6) is 0 Å². The molecule has 1 rings (SSSR count). The number of amides is 1. The molecule has 16 heavy (non-hydrogen) atoms. The van der Waals surface area contributed by atoms with Crippen molar-refractivity contribution in [2.75, 3.05) is 18.9 Å². The quantitative estimate of drug-likeness (QED) is 0.797. The largest absolute Gasteiger partial charge is 0.363 e. The topological polar surface area (TPSA) is 66.9 Å². The van der Waals surface area contributed by atoms with Crippen LogP contribution in [0.15, 0.2) is 0 Å². The van der Waals surface area contributed by atoms with Crippen molar-refractivity contribution in [2.45, 2.75) is 26.7 Å². The Labute approximate surface area is 99.7 Å². The number of carbonyl (C=O) groups excluding carboxylic acids is 1. The Morgan fingerprint density at radius 3 is 2.56 bits per heavy atom. The molecule has 0 saturated heterocycles. The fraction of sp³-hybridized carbons (Fsp3) is 0.700. The first kappa shape index (κ1) is 12.9. The molecule has 6 heteroatoms. The zero-order valence-electron chi connectivity index (χ0n) is 9.91. The van der Waals surface area contributed by atoms with E-state index in [0.29, 0.717) is 22.6 Å². The number of anilines is 1. The monoisotopic (exact) mass is 242 g/mol. The molecule has 0 fully saturated rings. The lowest BCUT2D eigenvalue weighted by Crippen LogP contribution is -2.28. The zero-order chi connectivity index (χ0) is 12.0. The van der Waals surface area contributed by atoms with Crippen LogP contribution in [-0.2, 0) is 0 Å². The molecule has 0 aliphatic heterocycles. The molecule has 0 aliphatic rings. The van der Waals surface area contributed by atoms with E-state index in [0.717, 1.165) is 12.8 Å². The summed E-state index contributed by atoms with van der Waals surface area (Å²) in [5.41, 5.74) is 0. The highest BCUT2D eigenvalue weighted by molar-refractivity contribution is 7.17. The van der Waals surface area contributed by atoms with E-state index in [-0.39, 0.29) is 5.91 Å². The van der Waals surface area contributed by atoms with Crippen LogP contribution in [-0.4, -0.2) is 29.7 Å². The Kier molecular flexibility index (Phi) is 5.18. The average molecular weight is 242 g/mol. The average Bonchev–Trinajstić information content (AvgIpc) is 2.78. The molecule has 0 radical (unpaired) electrons. The van der Waals surface area contributed by atoms with E-state index in [1.807, 2.05) is 0 Å². The SMILES string of the molecule is CCC(CC)CNC(=O)c1nnc(NC)s1. The van der Waals surface area contributed by atoms with Crippen molar-refractivity contribution in [3.8, 4) is 0 Å². The summed E-state index contributed by atoms with van der Waals surface area (Å²) in [5.74, 6) is 0.409. The molecule has 2 N–H and O–H groups in total. The smallest absolute Gasteiger partial charge is 0.282 e. The molecule has 90 valence electrons. The van der Waals surface area contributed by atoms with Gasteiger partial charge < -0.3 is 10.6 Å². The van der Waals surface area contributed by atoms with Gasteiger partial charge in [-0.2, -0.15) is 0 Å². The van der Waals surface area contributed by atoms with Gasteiger partial charge >= 0.3 is 0 Å². The number of nitrogens with zero attached hydrogens (tertiary/aromatic N) is 2. The van der Waals surface area contributed by atoms with Gasteiger partial charge in [-0.3, -0.25) is 4.79 Å². The van der Waals surface area contributed by atoms with Gasteiger partial charge in [0.25, 0.3) is 5.91 Å². The van der Waals surface area contributed by atoms with Crippen LogP contribution in [0.2, 0.25) is 0 Å². The summed E-state index contributed by atoms with van der Waals surface area (Å²) in [4.78, 5) is 11.7. The van der Waals surface area contributed by atoms with Gasteiger partial charge in [-0.05, 0) is 5.92 Å². The van der Waals surface area contributed by atoms with Crippen molar-refractivity contribution in [2.24, 2.45) is 5.92 Å². The Balaban J connectivity index is 2.46. The number of carbonyl (C=O) groups is 1. The molecule has 1 aromatic rings. The van der Waals surface area contributed by atoms with Gasteiger partial charge in [0, 0.05) is 13.6 Å². The molecule has 1 amide bonds. The summed E-state index contributed by atoms with van der Waals surface area (Å²) in [5, 5.41) is 14.4. The fourth-order valence-corrected chi connectivity index (χ4v) is 1.92. The third-order valence-corrected chi connectivity index (χ3v) is 3.48. The minimum absolute atomic E-state index is 0.133. The number of rotatable bonds is 6. The molecule has 5 nitrogen and oxygen atoms in total. The van der Waals surface area contributed by atoms with E-state index in [1.165, 1.54) is 11.3 Å². The van der Waals surface area contributed by atoms with Crippen molar-refractivity contribution in [3.05, 3.63) is 5.01 Å². The number of hydrogen-bond donors (Lipinski definition) is 2. The van der Waals surface area contributed by atoms with Crippen molar-refractivity contribution in [1.82, 2.24) is 15.5 Å². The Morgan fingerprint density at radius 1 is 1.38 bits per heavy atom. The molecule has 1 aromatic heterocycles. The molecule has 1 heterocycles. The lowest BCUT2D eigenvalue weighted by Gasteiger charge is -2.11. The Hall–Kier alpha value is -1.17. The number of aromatic nitrogens is 2. The molecule has 0 unspecified atom stereocenters. The lowest BCUT2D eigenvalue weighted by atomic mass is 10.0. The first-order valence-electron chi connectivity index (χ1n) is 5.50. The summed E-state index contributed by atoms with van der Waals surface area (Å²) < 4.78 is 0. The normalized spacial score (nSPS) is 10.5. The molecule has 0 aromatic carbocycles. The van der Waals surface area contributed by atoms with Gasteiger partial charge in [0.15, 0.2) is 0 Å². The van der Waals surface area contributed by atoms with Crippen LogP contribution in [0.4, 0.5) is 5.13 Å². The van der Waals surface area contributed by atoms with Gasteiger partial charge in [-0.1, -0.05) is 38.0 Å². The molecular weight excluding hydrogens is 224 g/mol. The van der Waals surface area contributed by atoms with Gasteiger partial charge in [0.05, 0.1) is 0 Å². The second kappa shape index (κ2) is 6.42. The standard InChI is InChI=1S/C10H18N4OS/c1-4-7(5-2)6-12-8(15)9-13-14-10(11-3)16-9/h7H,4-6H2,1-3H3,(H,11,14)(H,12,15). The summed E-state index contributed by atoms with van der Waals surface area (Å²) in [6.45, 7) is 4.97. The number of nitrogens with one attached hydrogen (secondary N) is 2. The highest BCUT2D eigenvalue weighted by Gasteiger charge is 2.13. The highest BCUT2D eigenvalue weighted by atomic mass is 32.1.